The first-order chi connectivity index (χ1) is 9.81. The van der Waals surface area contributed by atoms with Gasteiger partial charge in [0.15, 0.2) is 0 Å². The Morgan fingerprint density at radius 2 is 2.15 bits per heavy atom. The lowest BCUT2D eigenvalue weighted by Gasteiger charge is -2.19. The predicted molar refractivity (Wildman–Crippen MR) is 85.2 cm³/mol. The van der Waals surface area contributed by atoms with Gasteiger partial charge in [0.2, 0.25) is 0 Å². The van der Waals surface area contributed by atoms with Gasteiger partial charge in [-0.2, -0.15) is 0 Å². The van der Waals surface area contributed by atoms with Crippen LogP contribution in [0.3, 0.4) is 0 Å². The van der Waals surface area contributed by atoms with Crippen LogP contribution in [-0.4, -0.2) is 11.5 Å². The fourth-order valence-corrected chi connectivity index (χ4v) is 3.88. The number of rotatable bonds is 1. The van der Waals surface area contributed by atoms with Crippen molar-refractivity contribution in [3.63, 3.8) is 0 Å². The monoisotopic (exact) mass is 280 g/mol. The molecule has 3 heteroatoms. The number of hydrogen-bond acceptors (Lipinski definition) is 3. The Hall–Kier alpha value is -1.71. The summed E-state index contributed by atoms with van der Waals surface area (Å²) in [7, 11) is 0. The summed E-state index contributed by atoms with van der Waals surface area (Å²) in [5.41, 5.74) is 6.61. The third-order valence-corrected chi connectivity index (χ3v) is 4.98. The van der Waals surface area contributed by atoms with Gasteiger partial charge in [0.25, 0.3) is 0 Å². The molecule has 2 aromatic carbocycles. The number of aryl methyl sites for hydroxylation is 1. The van der Waals surface area contributed by atoms with Crippen LogP contribution in [0.15, 0.2) is 36.4 Å². The normalized spacial score (nSPS) is 14.4. The van der Waals surface area contributed by atoms with Crippen LogP contribution >= 0.6 is 11.3 Å². The molecular weight excluding hydrogens is 264 g/mol. The zero-order valence-electron chi connectivity index (χ0n) is 11.4. The second-order valence-corrected chi connectivity index (χ2v) is 6.39. The van der Waals surface area contributed by atoms with Crippen LogP contribution in [0.2, 0.25) is 0 Å². The first kappa shape index (κ1) is 12.1. The molecule has 1 aliphatic heterocycles. The second kappa shape index (κ2) is 4.69. The van der Waals surface area contributed by atoms with Gasteiger partial charge in [-0.05, 0) is 48.7 Å². The number of nitrogens with zero attached hydrogens (tertiary/aromatic N) is 1. The number of fused-ring (bicyclic) bond motifs is 2. The number of benzene rings is 2. The van der Waals surface area contributed by atoms with E-state index >= 15 is 0 Å². The maximum atomic E-state index is 4.85. The molecule has 0 atom stereocenters. The van der Waals surface area contributed by atoms with Crippen LogP contribution < -0.4 is 5.32 Å². The minimum Gasteiger partial charge on any atom is -0.312 e. The summed E-state index contributed by atoms with van der Waals surface area (Å²) in [5, 5.41) is 4.59. The van der Waals surface area contributed by atoms with Gasteiger partial charge in [-0.25, -0.2) is 4.98 Å². The van der Waals surface area contributed by atoms with Gasteiger partial charge in [0, 0.05) is 12.1 Å². The van der Waals surface area contributed by atoms with Crippen molar-refractivity contribution in [2.75, 3.05) is 6.54 Å². The summed E-state index contributed by atoms with van der Waals surface area (Å²) in [6.45, 7) is 4.16. The molecule has 0 radical (unpaired) electrons. The van der Waals surface area contributed by atoms with Gasteiger partial charge in [-0.1, -0.05) is 24.3 Å². The Labute approximate surface area is 122 Å². The highest BCUT2D eigenvalue weighted by Gasteiger charge is 2.16. The zero-order chi connectivity index (χ0) is 13.5. The largest absolute Gasteiger partial charge is 0.312 e. The molecule has 0 saturated carbocycles. The van der Waals surface area contributed by atoms with Crippen LogP contribution in [-0.2, 0) is 13.0 Å². The van der Waals surface area contributed by atoms with Crippen molar-refractivity contribution < 1.29 is 0 Å². The Balaban J connectivity index is 1.90. The van der Waals surface area contributed by atoms with E-state index in [1.807, 2.05) is 0 Å². The van der Waals surface area contributed by atoms with Crippen molar-refractivity contribution in [1.82, 2.24) is 10.3 Å². The van der Waals surface area contributed by atoms with E-state index in [4.69, 9.17) is 4.98 Å². The minimum atomic E-state index is 0.979. The van der Waals surface area contributed by atoms with Gasteiger partial charge in [0.05, 0.1) is 10.2 Å². The summed E-state index contributed by atoms with van der Waals surface area (Å²) in [4.78, 5) is 4.85. The molecule has 0 amide bonds. The molecule has 100 valence electrons. The van der Waals surface area contributed by atoms with Crippen molar-refractivity contribution in [3.8, 4) is 10.6 Å². The van der Waals surface area contributed by atoms with E-state index in [0.29, 0.717) is 0 Å². The van der Waals surface area contributed by atoms with Crippen molar-refractivity contribution in [2.24, 2.45) is 0 Å². The van der Waals surface area contributed by atoms with Gasteiger partial charge in [-0.3, -0.25) is 0 Å². The molecule has 2 heterocycles. The second-order valence-electron chi connectivity index (χ2n) is 5.36. The van der Waals surface area contributed by atoms with E-state index < -0.39 is 0 Å². The molecule has 4 rings (SSSR count). The number of thiazole rings is 1. The van der Waals surface area contributed by atoms with E-state index in [9.17, 15) is 0 Å². The lowest BCUT2D eigenvalue weighted by atomic mass is 9.96. The summed E-state index contributed by atoms with van der Waals surface area (Å²) < 4.78 is 1.28. The van der Waals surface area contributed by atoms with Crippen molar-refractivity contribution in [1.29, 1.82) is 0 Å². The SMILES string of the molecule is Cc1ccc2sc(-c3cccc4c3CCNC4)nc2c1. The number of nitrogens with one attached hydrogen (secondary N) is 1. The van der Waals surface area contributed by atoms with E-state index in [-0.39, 0.29) is 0 Å². The van der Waals surface area contributed by atoms with Crippen LogP contribution in [0, 0.1) is 6.92 Å². The third-order valence-electron chi connectivity index (χ3n) is 3.91. The first-order valence-corrected chi connectivity index (χ1v) is 7.82. The van der Waals surface area contributed by atoms with E-state index in [1.165, 1.54) is 27.0 Å². The lowest BCUT2D eigenvalue weighted by molar-refractivity contribution is 0.645. The molecule has 1 N–H and O–H groups in total. The number of hydrogen-bond donors (Lipinski definition) is 1. The molecule has 1 aliphatic rings. The van der Waals surface area contributed by atoms with Crippen LogP contribution in [0.25, 0.3) is 20.8 Å². The molecule has 3 aromatic rings. The molecule has 0 unspecified atom stereocenters. The van der Waals surface area contributed by atoms with Crippen molar-refractivity contribution in [3.05, 3.63) is 53.1 Å². The molecule has 20 heavy (non-hydrogen) atoms. The molecule has 0 aliphatic carbocycles. The topological polar surface area (TPSA) is 24.9 Å². The van der Waals surface area contributed by atoms with E-state index in [1.54, 1.807) is 11.3 Å². The van der Waals surface area contributed by atoms with Crippen molar-refractivity contribution in [2.45, 2.75) is 19.9 Å². The minimum absolute atomic E-state index is 0.979. The molecule has 1 aromatic heterocycles. The van der Waals surface area contributed by atoms with Crippen LogP contribution in [0.5, 0.6) is 0 Å². The first-order valence-electron chi connectivity index (χ1n) is 7.00. The summed E-state index contributed by atoms with van der Waals surface area (Å²) in [5.74, 6) is 0. The van der Waals surface area contributed by atoms with Gasteiger partial charge >= 0.3 is 0 Å². The standard InChI is InChI=1S/C17H16N2S/c1-11-5-6-16-15(9-11)19-17(20-16)14-4-2-3-12-10-18-8-7-13(12)14/h2-6,9,18H,7-8,10H2,1H3. The summed E-state index contributed by atoms with van der Waals surface area (Å²) in [6.07, 6.45) is 1.10. The van der Waals surface area contributed by atoms with Crippen molar-refractivity contribution >= 4 is 21.6 Å². The Kier molecular flexibility index (Phi) is 2.83. The average molecular weight is 280 g/mol. The quantitative estimate of drug-likeness (QED) is 0.731. The molecule has 0 saturated heterocycles. The fraction of sp³-hybridized carbons (Fsp3) is 0.235. The smallest absolute Gasteiger partial charge is 0.124 e. The zero-order valence-corrected chi connectivity index (χ0v) is 12.3. The summed E-state index contributed by atoms with van der Waals surface area (Å²) in [6, 6.07) is 13.1. The maximum Gasteiger partial charge on any atom is 0.124 e. The molecular formula is C17H16N2S. The highest BCUT2D eigenvalue weighted by atomic mass is 32.1. The Bertz CT molecular complexity index is 789. The van der Waals surface area contributed by atoms with Gasteiger partial charge in [0.1, 0.15) is 5.01 Å². The Morgan fingerprint density at radius 3 is 3.10 bits per heavy atom. The van der Waals surface area contributed by atoms with Gasteiger partial charge < -0.3 is 5.32 Å². The van der Waals surface area contributed by atoms with Crippen LogP contribution in [0.4, 0.5) is 0 Å². The lowest BCUT2D eigenvalue weighted by Crippen LogP contribution is -2.23. The predicted octanol–water partition coefficient (Wildman–Crippen LogP) is 3.92. The summed E-state index contributed by atoms with van der Waals surface area (Å²) >= 11 is 1.80. The van der Waals surface area contributed by atoms with Gasteiger partial charge in [-0.15, -0.1) is 11.3 Å². The maximum absolute atomic E-state index is 4.85. The third kappa shape index (κ3) is 1.94. The van der Waals surface area contributed by atoms with Crippen LogP contribution in [0.1, 0.15) is 16.7 Å². The molecule has 0 fully saturated rings. The molecule has 0 bridgehead atoms. The number of aromatic nitrogens is 1. The molecule has 0 spiro atoms. The fourth-order valence-electron chi connectivity index (χ4n) is 2.88. The average Bonchev–Trinajstić information content (AvgIpc) is 2.89. The highest BCUT2D eigenvalue weighted by Crippen LogP contribution is 2.34. The van der Waals surface area contributed by atoms with E-state index in [2.05, 4.69) is 48.6 Å². The Morgan fingerprint density at radius 1 is 1.20 bits per heavy atom. The highest BCUT2D eigenvalue weighted by molar-refractivity contribution is 7.21. The molecule has 2 nitrogen and oxygen atoms in total. The van der Waals surface area contributed by atoms with E-state index in [0.717, 1.165) is 30.0 Å².